The second-order valence-electron chi connectivity index (χ2n) is 3.55. The van der Waals surface area contributed by atoms with Gasteiger partial charge in [-0.1, -0.05) is 30.0 Å². The molecule has 3 aromatic rings. The van der Waals surface area contributed by atoms with Gasteiger partial charge in [-0.25, -0.2) is 4.98 Å². The van der Waals surface area contributed by atoms with Crippen LogP contribution < -0.4 is 0 Å². The molecule has 1 N–H and O–H groups in total. The Morgan fingerprint density at radius 2 is 1.94 bits per heavy atom. The van der Waals surface area contributed by atoms with Crippen molar-refractivity contribution in [3.63, 3.8) is 0 Å². The maximum atomic E-state index is 9.40. The van der Waals surface area contributed by atoms with Crippen molar-refractivity contribution in [1.82, 2.24) is 4.98 Å². The number of nitrogens with zero attached hydrogens (tertiary/aromatic N) is 1. The van der Waals surface area contributed by atoms with Crippen LogP contribution in [0.15, 0.2) is 57.8 Å². The van der Waals surface area contributed by atoms with E-state index in [-0.39, 0.29) is 5.75 Å². The number of phenols is 1. The minimum atomic E-state index is 0.288. The van der Waals surface area contributed by atoms with E-state index >= 15 is 0 Å². The van der Waals surface area contributed by atoms with Gasteiger partial charge in [-0.05, 0) is 30.3 Å². The Bertz CT molecular complexity index is 630. The first-order valence-electron chi connectivity index (χ1n) is 5.14. The Balaban J connectivity index is 1.94. The molecule has 0 aliphatic carbocycles. The highest BCUT2D eigenvalue weighted by Gasteiger charge is 2.05. The molecular formula is C13H9NOS2. The van der Waals surface area contributed by atoms with E-state index in [1.165, 1.54) is 4.70 Å². The normalized spacial score (nSPS) is 10.8. The average Bonchev–Trinajstić information content (AvgIpc) is 2.71. The van der Waals surface area contributed by atoms with Crippen LogP contribution in [0.2, 0.25) is 0 Å². The molecule has 0 radical (unpaired) electrons. The van der Waals surface area contributed by atoms with Gasteiger partial charge in [0.25, 0.3) is 0 Å². The van der Waals surface area contributed by atoms with Crippen molar-refractivity contribution in [1.29, 1.82) is 0 Å². The molecule has 0 unspecified atom stereocenters. The van der Waals surface area contributed by atoms with E-state index in [1.54, 1.807) is 35.2 Å². The van der Waals surface area contributed by atoms with Crippen LogP contribution in [0, 0.1) is 0 Å². The molecule has 1 aromatic heterocycles. The first-order valence-corrected chi connectivity index (χ1v) is 6.77. The number of rotatable bonds is 2. The zero-order chi connectivity index (χ0) is 11.7. The van der Waals surface area contributed by atoms with Crippen molar-refractivity contribution >= 4 is 33.3 Å². The number of phenolic OH excluding ortho intramolecular Hbond substituents is 1. The van der Waals surface area contributed by atoms with Gasteiger partial charge in [0.1, 0.15) is 5.75 Å². The molecule has 0 saturated carbocycles. The SMILES string of the molecule is Oc1cccc(Sc2nc3ccccc3s2)c1. The van der Waals surface area contributed by atoms with E-state index in [9.17, 15) is 5.11 Å². The fourth-order valence-corrected chi connectivity index (χ4v) is 3.64. The zero-order valence-electron chi connectivity index (χ0n) is 8.83. The molecule has 1 heterocycles. The lowest BCUT2D eigenvalue weighted by atomic mass is 10.3. The summed E-state index contributed by atoms with van der Waals surface area (Å²) < 4.78 is 2.19. The minimum absolute atomic E-state index is 0.288. The summed E-state index contributed by atoms with van der Waals surface area (Å²) in [5.41, 5.74) is 1.03. The molecule has 0 amide bonds. The van der Waals surface area contributed by atoms with Crippen LogP contribution in [-0.4, -0.2) is 10.1 Å². The Hall–Kier alpha value is -1.52. The summed E-state index contributed by atoms with van der Waals surface area (Å²) in [6.45, 7) is 0. The standard InChI is InChI=1S/C13H9NOS2/c15-9-4-3-5-10(8-9)16-13-14-11-6-1-2-7-12(11)17-13/h1-8,15H. The quantitative estimate of drug-likeness (QED) is 0.750. The van der Waals surface area contributed by atoms with Gasteiger partial charge in [-0.2, -0.15) is 0 Å². The van der Waals surface area contributed by atoms with Gasteiger partial charge >= 0.3 is 0 Å². The van der Waals surface area contributed by atoms with Crippen LogP contribution >= 0.6 is 23.1 Å². The van der Waals surface area contributed by atoms with E-state index in [0.29, 0.717) is 0 Å². The summed E-state index contributed by atoms with van der Waals surface area (Å²) in [5.74, 6) is 0.288. The summed E-state index contributed by atoms with van der Waals surface area (Å²) in [4.78, 5) is 5.54. The molecule has 0 saturated heterocycles. The van der Waals surface area contributed by atoms with Crippen LogP contribution in [0.5, 0.6) is 5.75 Å². The molecule has 2 nitrogen and oxygen atoms in total. The van der Waals surface area contributed by atoms with Crippen LogP contribution in [0.4, 0.5) is 0 Å². The molecule has 4 heteroatoms. The number of thiazole rings is 1. The van der Waals surface area contributed by atoms with Gasteiger partial charge in [-0.3, -0.25) is 0 Å². The van der Waals surface area contributed by atoms with Crippen molar-refractivity contribution in [3.8, 4) is 5.75 Å². The Kier molecular flexibility index (Phi) is 2.74. The number of benzene rings is 2. The number of fused-ring (bicyclic) bond motifs is 1. The minimum Gasteiger partial charge on any atom is -0.508 e. The van der Waals surface area contributed by atoms with Gasteiger partial charge in [-0.15, -0.1) is 11.3 Å². The molecule has 0 fully saturated rings. The van der Waals surface area contributed by atoms with E-state index in [0.717, 1.165) is 14.8 Å². The topological polar surface area (TPSA) is 33.1 Å². The van der Waals surface area contributed by atoms with Crippen molar-refractivity contribution < 1.29 is 5.11 Å². The maximum absolute atomic E-state index is 9.40. The molecule has 84 valence electrons. The fraction of sp³-hybridized carbons (Fsp3) is 0. The van der Waals surface area contributed by atoms with E-state index in [2.05, 4.69) is 11.1 Å². The van der Waals surface area contributed by atoms with Crippen molar-refractivity contribution in [2.45, 2.75) is 9.24 Å². The van der Waals surface area contributed by atoms with Gasteiger partial charge < -0.3 is 5.11 Å². The first-order chi connectivity index (χ1) is 8.31. The number of hydrogen-bond donors (Lipinski definition) is 1. The molecule has 0 atom stereocenters. The molecule has 17 heavy (non-hydrogen) atoms. The second-order valence-corrected chi connectivity index (χ2v) is 5.90. The predicted molar refractivity (Wildman–Crippen MR) is 71.8 cm³/mol. The van der Waals surface area contributed by atoms with Crippen LogP contribution in [0.25, 0.3) is 10.2 Å². The van der Waals surface area contributed by atoms with Crippen LogP contribution in [0.3, 0.4) is 0 Å². The maximum Gasteiger partial charge on any atom is 0.155 e. The second kappa shape index (κ2) is 4.39. The lowest BCUT2D eigenvalue weighted by Crippen LogP contribution is -1.72. The lowest BCUT2D eigenvalue weighted by Gasteiger charge is -1.97. The monoisotopic (exact) mass is 259 g/mol. The Labute approximate surface area is 107 Å². The largest absolute Gasteiger partial charge is 0.508 e. The third-order valence-corrected chi connectivity index (χ3v) is 4.38. The van der Waals surface area contributed by atoms with Crippen LogP contribution in [-0.2, 0) is 0 Å². The summed E-state index contributed by atoms with van der Waals surface area (Å²) in [6, 6.07) is 15.3. The highest BCUT2D eigenvalue weighted by molar-refractivity contribution is 8.01. The Morgan fingerprint density at radius 1 is 1.06 bits per heavy atom. The zero-order valence-corrected chi connectivity index (χ0v) is 10.5. The Morgan fingerprint density at radius 3 is 2.76 bits per heavy atom. The number of para-hydroxylation sites is 1. The lowest BCUT2D eigenvalue weighted by molar-refractivity contribution is 0.474. The average molecular weight is 259 g/mol. The molecule has 0 aliphatic rings. The van der Waals surface area contributed by atoms with E-state index in [1.807, 2.05) is 30.3 Å². The van der Waals surface area contributed by atoms with Crippen molar-refractivity contribution in [2.75, 3.05) is 0 Å². The van der Waals surface area contributed by atoms with E-state index in [4.69, 9.17) is 0 Å². The molecule has 0 aliphatic heterocycles. The molecular weight excluding hydrogens is 250 g/mol. The van der Waals surface area contributed by atoms with E-state index < -0.39 is 0 Å². The van der Waals surface area contributed by atoms with Gasteiger partial charge in [0.15, 0.2) is 4.34 Å². The smallest absolute Gasteiger partial charge is 0.155 e. The molecule has 0 bridgehead atoms. The molecule has 0 spiro atoms. The van der Waals surface area contributed by atoms with Crippen molar-refractivity contribution in [2.24, 2.45) is 0 Å². The first kappa shape index (κ1) is 10.6. The number of aromatic nitrogens is 1. The molecule has 2 aromatic carbocycles. The van der Waals surface area contributed by atoms with Gasteiger partial charge in [0.2, 0.25) is 0 Å². The summed E-state index contributed by atoms with van der Waals surface area (Å²) in [7, 11) is 0. The summed E-state index contributed by atoms with van der Waals surface area (Å²) >= 11 is 3.24. The van der Waals surface area contributed by atoms with Crippen molar-refractivity contribution in [3.05, 3.63) is 48.5 Å². The summed E-state index contributed by atoms with van der Waals surface area (Å²) in [5, 5.41) is 9.40. The number of aromatic hydroxyl groups is 1. The third-order valence-electron chi connectivity index (χ3n) is 2.30. The third kappa shape index (κ3) is 2.28. The highest BCUT2D eigenvalue weighted by Crippen LogP contribution is 2.35. The number of hydrogen-bond acceptors (Lipinski definition) is 4. The van der Waals surface area contributed by atoms with Gasteiger partial charge in [0.05, 0.1) is 10.2 Å². The van der Waals surface area contributed by atoms with Gasteiger partial charge in [0, 0.05) is 4.90 Å². The predicted octanol–water partition coefficient (Wildman–Crippen LogP) is 4.15. The summed E-state index contributed by atoms with van der Waals surface area (Å²) in [6.07, 6.45) is 0. The highest BCUT2D eigenvalue weighted by atomic mass is 32.2. The van der Waals surface area contributed by atoms with Crippen LogP contribution in [0.1, 0.15) is 0 Å². The fourth-order valence-electron chi connectivity index (χ4n) is 1.54. The molecule has 3 rings (SSSR count).